The monoisotopic (exact) mass is 277 g/mol. The van der Waals surface area contributed by atoms with Crippen LogP contribution in [0.3, 0.4) is 0 Å². The Morgan fingerprint density at radius 3 is 2.71 bits per heavy atom. The van der Waals surface area contributed by atoms with Crippen LogP contribution in [0.15, 0.2) is 0 Å². The molecule has 0 aliphatic carbocycles. The van der Waals surface area contributed by atoms with Crippen LogP contribution in [-0.4, -0.2) is 40.4 Å². The zero-order chi connectivity index (χ0) is 12.7. The predicted molar refractivity (Wildman–Crippen MR) is 72.8 cm³/mol. The average molecular weight is 277 g/mol. The van der Waals surface area contributed by atoms with Crippen molar-refractivity contribution in [3.05, 3.63) is 0 Å². The maximum atomic E-state index is 11.5. The van der Waals surface area contributed by atoms with E-state index in [1.165, 1.54) is 11.8 Å². The first-order valence-electron chi connectivity index (χ1n) is 5.93. The first kappa shape index (κ1) is 14.7. The van der Waals surface area contributed by atoms with Crippen molar-refractivity contribution in [3.63, 3.8) is 0 Å². The van der Waals surface area contributed by atoms with Crippen LogP contribution in [0.1, 0.15) is 33.1 Å². The van der Waals surface area contributed by atoms with Crippen molar-refractivity contribution in [3.8, 4) is 0 Å². The second-order valence-corrected chi connectivity index (χ2v) is 5.85. The molecule has 1 aliphatic heterocycles. The highest BCUT2D eigenvalue weighted by Crippen LogP contribution is 2.18. The topological polar surface area (TPSA) is 38.8 Å². The Hall–Kier alpha value is -0.330. The molecule has 1 rings (SSSR count). The van der Waals surface area contributed by atoms with Crippen LogP contribution in [0.5, 0.6) is 0 Å². The minimum atomic E-state index is -0.309. The van der Waals surface area contributed by atoms with Gasteiger partial charge in [0, 0.05) is 13.1 Å². The molecule has 0 aromatic carbocycles. The number of rotatable bonds is 5. The molecule has 1 atom stereocenters. The van der Waals surface area contributed by atoms with E-state index < -0.39 is 0 Å². The zero-order valence-corrected chi connectivity index (χ0v) is 11.9. The number of thiocarbonyl (C=S) groups is 1. The van der Waals surface area contributed by atoms with Crippen LogP contribution in [-0.2, 0) is 14.4 Å². The van der Waals surface area contributed by atoms with E-state index in [0.29, 0.717) is 11.0 Å². The summed E-state index contributed by atoms with van der Waals surface area (Å²) in [5, 5.41) is 1.54. The number of carbonyl (C=O) groups is 1. The van der Waals surface area contributed by atoms with Gasteiger partial charge in [-0.3, -0.25) is 4.79 Å². The van der Waals surface area contributed by atoms with Gasteiger partial charge in [-0.05, 0) is 38.4 Å². The number of hydrogen-bond donors (Lipinski definition) is 0. The second-order valence-electron chi connectivity index (χ2n) is 3.90. The number of carbonyl (C=O) groups excluding carboxylic acids is 1. The molecule has 1 saturated heterocycles. The standard InChI is InChI=1S/C11H19NO3S2/c1-3-8-14-10(13)9(2)17-11(16)15-12-6-4-5-7-12/h9H,3-8H2,1-2H3. The van der Waals surface area contributed by atoms with Crippen LogP contribution in [0, 0.1) is 0 Å². The molecule has 0 spiro atoms. The third-order valence-electron chi connectivity index (χ3n) is 2.32. The lowest BCUT2D eigenvalue weighted by Gasteiger charge is -2.17. The summed E-state index contributed by atoms with van der Waals surface area (Å²) in [5.74, 6) is -0.232. The van der Waals surface area contributed by atoms with E-state index in [2.05, 4.69) is 0 Å². The number of nitrogens with zero attached hydrogens (tertiary/aromatic N) is 1. The van der Waals surface area contributed by atoms with Crippen molar-refractivity contribution in [2.24, 2.45) is 0 Å². The summed E-state index contributed by atoms with van der Waals surface area (Å²) >= 11 is 6.33. The van der Waals surface area contributed by atoms with E-state index in [4.69, 9.17) is 21.8 Å². The van der Waals surface area contributed by atoms with E-state index in [0.717, 1.165) is 32.4 Å². The van der Waals surface area contributed by atoms with Gasteiger partial charge >= 0.3 is 5.97 Å². The van der Waals surface area contributed by atoms with Crippen LogP contribution in [0.4, 0.5) is 0 Å². The Labute approximate surface area is 112 Å². The fourth-order valence-corrected chi connectivity index (χ4v) is 2.56. The van der Waals surface area contributed by atoms with Gasteiger partial charge < -0.3 is 9.57 Å². The molecule has 0 bridgehead atoms. The number of ether oxygens (including phenoxy) is 1. The summed E-state index contributed by atoms with van der Waals surface area (Å²) in [5.41, 5.74) is 0. The number of thioether (sulfide) groups is 1. The molecular formula is C11H19NO3S2. The van der Waals surface area contributed by atoms with Crippen molar-refractivity contribution in [2.75, 3.05) is 19.7 Å². The number of hydroxylamine groups is 2. The summed E-state index contributed by atoms with van der Waals surface area (Å²) < 4.78 is 5.43. The highest BCUT2D eigenvalue weighted by atomic mass is 32.2. The van der Waals surface area contributed by atoms with Crippen molar-refractivity contribution >= 4 is 34.3 Å². The quantitative estimate of drug-likeness (QED) is 0.567. The van der Waals surface area contributed by atoms with Gasteiger partial charge in [0.2, 0.25) is 4.38 Å². The normalized spacial score (nSPS) is 17.8. The molecule has 0 amide bonds. The summed E-state index contributed by atoms with van der Waals surface area (Å²) in [7, 11) is 0. The summed E-state index contributed by atoms with van der Waals surface area (Å²) in [6.45, 7) is 6.03. The van der Waals surface area contributed by atoms with Crippen LogP contribution < -0.4 is 0 Å². The lowest BCUT2D eigenvalue weighted by molar-refractivity contribution is -0.142. The van der Waals surface area contributed by atoms with Crippen molar-refractivity contribution < 1.29 is 14.4 Å². The molecule has 4 nitrogen and oxygen atoms in total. The van der Waals surface area contributed by atoms with Crippen LogP contribution in [0.2, 0.25) is 0 Å². The molecule has 1 heterocycles. The Balaban J connectivity index is 2.22. The van der Waals surface area contributed by atoms with Gasteiger partial charge in [0.25, 0.3) is 0 Å². The van der Waals surface area contributed by atoms with E-state index in [1.807, 2.05) is 12.0 Å². The lowest BCUT2D eigenvalue weighted by Crippen LogP contribution is -2.25. The van der Waals surface area contributed by atoms with Crippen molar-refractivity contribution in [1.29, 1.82) is 0 Å². The highest BCUT2D eigenvalue weighted by Gasteiger charge is 2.21. The van der Waals surface area contributed by atoms with Gasteiger partial charge in [0.05, 0.1) is 6.61 Å². The SMILES string of the molecule is CCCOC(=O)C(C)SC(=S)ON1CCCC1. The van der Waals surface area contributed by atoms with Crippen LogP contribution >= 0.6 is 24.0 Å². The van der Waals surface area contributed by atoms with Gasteiger partial charge in [-0.1, -0.05) is 18.7 Å². The molecule has 6 heteroatoms. The highest BCUT2D eigenvalue weighted by molar-refractivity contribution is 8.23. The van der Waals surface area contributed by atoms with Crippen molar-refractivity contribution in [2.45, 2.75) is 38.4 Å². The molecule has 0 aromatic rings. The zero-order valence-electron chi connectivity index (χ0n) is 10.3. The Morgan fingerprint density at radius 2 is 2.12 bits per heavy atom. The molecule has 0 saturated carbocycles. The third-order valence-corrected chi connectivity index (χ3v) is 3.50. The predicted octanol–water partition coefficient (Wildman–Crippen LogP) is 2.37. The molecular weight excluding hydrogens is 258 g/mol. The molecule has 17 heavy (non-hydrogen) atoms. The molecule has 1 unspecified atom stereocenters. The first-order chi connectivity index (χ1) is 8.13. The van der Waals surface area contributed by atoms with E-state index in [-0.39, 0.29) is 11.2 Å². The Morgan fingerprint density at radius 1 is 1.47 bits per heavy atom. The third kappa shape index (κ3) is 5.70. The van der Waals surface area contributed by atoms with Gasteiger partial charge in [0.1, 0.15) is 5.25 Å². The van der Waals surface area contributed by atoms with Crippen molar-refractivity contribution in [1.82, 2.24) is 5.06 Å². The first-order valence-corrected chi connectivity index (χ1v) is 7.22. The van der Waals surface area contributed by atoms with Gasteiger partial charge in [-0.25, -0.2) is 0 Å². The molecule has 1 fully saturated rings. The molecule has 1 aliphatic rings. The fraction of sp³-hybridized carbons (Fsp3) is 0.818. The summed E-state index contributed by atoms with van der Waals surface area (Å²) in [6, 6.07) is 0. The largest absolute Gasteiger partial charge is 0.465 e. The maximum Gasteiger partial charge on any atom is 0.319 e. The van der Waals surface area contributed by atoms with Gasteiger partial charge in [-0.2, -0.15) is 0 Å². The number of esters is 1. The summed E-state index contributed by atoms with van der Waals surface area (Å²) in [4.78, 5) is 17.0. The van der Waals surface area contributed by atoms with E-state index in [9.17, 15) is 4.79 Å². The average Bonchev–Trinajstić information content (AvgIpc) is 2.78. The van der Waals surface area contributed by atoms with E-state index >= 15 is 0 Å². The minimum absolute atomic E-state index is 0.232. The number of hydrogen-bond acceptors (Lipinski definition) is 6. The van der Waals surface area contributed by atoms with Crippen LogP contribution in [0.25, 0.3) is 0 Å². The van der Waals surface area contributed by atoms with Gasteiger partial charge in [-0.15, -0.1) is 5.06 Å². The van der Waals surface area contributed by atoms with Gasteiger partial charge in [0.15, 0.2) is 0 Å². The maximum absolute atomic E-state index is 11.5. The fourth-order valence-electron chi connectivity index (χ4n) is 1.42. The second kappa shape index (κ2) is 7.89. The molecule has 0 radical (unpaired) electrons. The summed E-state index contributed by atoms with van der Waals surface area (Å²) in [6.07, 6.45) is 3.11. The molecule has 98 valence electrons. The minimum Gasteiger partial charge on any atom is -0.465 e. The Bertz CT molecular complexity index is 267. The Kier molecular flexibility index (Phi) is 6.84. The molecule has 0 aromatic heterocycles. The smallest absolute Gasteiger partial charge is 0.319 e. The molecule has 0 N–H and O–H groups in total. The lowest BCUT2D eigenvalue weighted by atomic mass is 10.4. The van der Waals surface area contributed by atoms with E-state index in [1.54, 1.807) is 6.92 Å².